The number of hydrogen-bond acceptors (Lipinski definition) is 3. The van der Waals surface area contributed by atoms with Crippen molar-refractivity contribution in [2.24, 2.45) is 0 Å². The number of para-hydroxylation sites is 1. The second kappa shape index (κ2) is 15.4. The fourth-order valence-corrected chi connectivity index (χ4v) is 9.93. The van der Waals surface area contributed by atoms with Gasteiger partial charge in [0.2, 0.25) is 5.95 Å². The zero-order valence-electron chi connectivity index (χ0n) is 35.8. The number of hydrogen-bond donors (Lipinski definition) is 0. The molecule has 66 heavy (non-hydrogen) atoms. The van der Waals surface area contributed by atoms with Crippen molar-refractivity contribution in [1.82, 2.24) is 24.1 Å². The van der Waals surface area contributed by atoms with Gasteiger partial charge in [0.25, 0.3) is 0 Å². The molecule has 0 amide bonds. The molecule has 3 heterocycles. The first-order chi connectivity index (χ1) is 32.7. The Morgan fingerprint density at radius 1 is 0.258 bits per heavy atom. The van der Waals surface area contributed by atoms with E-state index in [1.807, 2.05) is 24.3 Å². The molecule has 0 saturated heterocycles. The predicted molar refractivity (Wildman–Crippen MR) is 273 cm³/mol. The van der Waals surface area contributed by atoms with Crippen LogP contribution in [0.1, 0.15) is 0 Å². The van der Waals surface area contributed by atoms with Crippen molar-refractivity contribution in [3.63, 3.8) is 0 Å². The standard InChI is InChI=1S/C61H39N5/c1-5-18-40(19-6-1)45-27-17-28-46(36-45)60-62-59(44-25-11-4-12-26-44)63-61(64-60)66-54-33-32-43-24-13-14-29-50(43)56(54)58-55(66)35-34-53-57(58)51-30-15-16-31-52(51)65(53)49-38-47(41-20-7-2-8-21-41)37-48(39-49)42-22-9-3-10-23-42/h1-39H. The van der Waals surface area contributed by atoms with E-state index in [1.165, 1.54) is 32.7 Å². The smallest absolute Gasteiger partial charge is 0.238 e. The minimum atomic E-state index is 0.561. The summed E-state index contributed by atoms with van der Waals surface area (Å²) in [7, 11) is 0. The summed E-state index contributed by atoms with van der Waals surface area (Å²) in [6.07, 6.45) is 0. The molecule has 0 aliphatic carbocycles. The van der Waals surface area contributed by atoms with Gasteiger partial charge < -0.3 is 4.57 Å². The fourth-order valence-electron chi connectivity index (χ4n) is 9.93. The van der Waals surface area contributed by atoms with Gasteiger partial charge in [-0.05, 0) is 92.7 Å². The molecule has 0 spiro atoms. The van der Waals surface area contributed by atoms with Gasteiger partial charge in [-0.2, -0.15) is 9.97 Å². The summed E-state index contributed by atoms with van der Waals surface area (Å²) >= 11 is 0. The van der Waals surface area contributed by atoms with Gasteiger partial charge >= 0.3 is 0 Å². The van der Waals surface area contributed by atoms with Gasteiger partial charge in [0, 0.05) is 38.4 Å². The predicted octanol–water partition coefficient (Wildman–Crippen LogP) is 15.6. The Labute approximate surface area is 381 Å². The molecule has 5 nitrogen and oxygen atoms in total. The molecule has 3 aromatic heterocycles. The van der Waals surface area contributed by atoms with Gasteiger partial charge in [-0.3, -0.25) is 4.57 Å². The zero-order valence-corrected chi connectivity index (χ0v) is 35.8. The van der Waals surface area contributed by atoms with E-state index in [4.69, 9.17) is 15.0 Å². The van der Waals surface area contributed by atoms with Crippen molar-refractivity contribution in [2.45, 2.75) is 0 Å². The Kier molecular flexibility index (Phi) is 8.78. The van der Waals surface area contributed by atoms with Crippen LogP contribution in [0.4, 0.5) is 0 Å². The summed E-state index contributed by atoms with van der Waals surface area (Å²) in [6.45, 7) is 0. The number of nitrogens with zero attached hydrogens (tertiary/aromatic N) is 5. The highest BCUT2D eigenvalue weighted by molar-refractivity contribution is 6.33. The van der Waals surface area contributed by atoms with Crippen LogP contribution in [0.3, 0.4) is 0 Å². The molecular formula is C61H39N5. The molecule has 0 bridgehead atoms. The average molecular weight is 842 g/mol. The Bertz CT molecular complexity index is 3910. The molecule has 0 atom stereocenters. The first kappa shape index (κ1) is 37.6. The van der Waals surface area contributed by atoms with Gasteiger partial charge in [0.15, 0.2) is 11.6 Å². The second-order valence-corrected chi connectivity index (χ2v) is 16.8. The van der Waals surface area contributed by atoms with Crippen LogP contribution in [0.5, 0.6) is 0 Å². The number of benzene rings is 10. The Hall–Kier alpha value is -8.93. The van der Waals surface area contributed by atoms with Crippen molar-refractivity contribution in [1.29, 1.82) is 0 Å². The quantitative estimate of drug-likeness (QED) is 0.161. The monoisotopic (exact) mass is 841 g/mol. The maximum absolute atomic E-state index is 5.39. The number of fused-ring (bicyclic) bond motifs is 9. The lowest BCUT2D eigenvalue weighted by Crippen LogP contribution is -2.06. The lowest BCUT2D eigenvalue weighted by Gasteiger charge is -2.14. The zero-order chi connectivity index (χ0) is 43.6. The molecule has 13 aromatic rings. The van der Waals surface area contributed by atoms with Crippen LogP contribution in [0.2, 0.25) is 0 Å². The van der Waals surface area contributed by atoms with E-state index in [2.05, 4.69) is 221 Å². The van der Waals surface area contributed by atoms with Crippen molar-refractivity contribution < 1.29 is 0 Å². The maximum Gasteiger partial charge on any atom is 0.238 e. The molecule has 5 heteroatoms. The topological polar surface area (TPSA) is 48.5 Å². The summed E-state index contributed by atoms with van der Waals surface area (Å²) in [5.41, 5.74) is 14.2. The van der Waals surface area contributed by atoms with E-state index >= 15 is 0 Å². The van der Waals surface area contributed by atoms with Crippen LogP contribution in [-0.4, -0.2) is 24.1 Å². The Morgan fingerprint density at radius 3 is 1.38 bits per heavy atom. The molecule has 0 unspecified atom stereocenters. The Balaban J connectivity index is 1.12. The van der Waals surface area contributed by atoms with Crippen LogP contribution < -0.4 is 0 Å². The van der Waals surface area contributed by atoms with Gasteiger partial charge in [0.1, 0.15) is 0 Å². The second-order valence-electron chi connectivity index (χ2n) is 16.8. The van der Waals surface area contributed by atoms with Gasteiger partial charge in [-0.25, -0.2) is 4.98 Å². The lowest BCUT2D eigenvalue weighted by atomic mass is 9.98. The highest BCUT2D eigenvalue weighted by Gasteiger charge is 2.24. The molecule has 308 valence electrons. The summed E-state index contributed by atoms with van der Waals surface area (Å²) < 4.78 is 4.70. The highest BCUT2D eigenvalue weighted by Crippen LogP contribution is 2.45. The highest BCUT2D eigenvalue weighted by atomic mass is 15.2. The molecule has 13 rings (SSSR count). The van der Waals surface area contributed by atoms with E-state index in [-0.39, 0.29) is 0 Å². The first-order valence-corrected chi connectivity index (χ1v) is 22.4. The SMILES string of the molecule is c1ccc(-c2cccc(-c3nc(-c4ccccc4)nc(-n4c5ccc6ccccc6c5c5c6c7ccccc7n(-c7cc(-c8ccccc8)cc(-c8ccccc8)c7)c6ccc54)n3)c2)cc1. The van der Waals surface area contributed by atoms with Crippen molar-refractivity contribution in [3.8, 4) is 67.8 Å². The average Bonchev–Trinajstić information content (AvgIpc) is 3.93. The Morgan fingerprint density at radius 2 is 0.712 bits per heavy atom. The molecule has 0 aliphatic rings. The van der Waals surface area contributed by atoms with Crippen molar-refractivity contribution in [3.05, 3.63) is 237 Å². The third kappa shape index (κ3) is 6.21. The molecule has 0 saturated carbocycles. The molecule has 0 N–H and O–H groups in total. The van der Waals surface area contributed by atoms with Crippen molar-refractivity contribution >= 4 is 54.4 Å². The minimum absolute atomic E-state index is 0.561. The van der Waals surface area contributed by atoms with E-state index in [9.17, 15) is 0 Å². The van der Waals surface area contributed by atoms with E-state index in [1.54, 1.807) is 0 Å². The lowest BCUT2D eigenvalue weighted by molar-refractivity contribution is 0.954. The molecule has 0 fully saturated rings. The van der Waals surface area contributed by atoms with E-state index in [0.29, 0.717) is 17.6 Å². The number of rotatable bonds is 7. The summed E-state index contributed by atoms with van der Waals surface area (Å²) in [5.74, 6) is 1.78. The molecule has 0 aliphatic heterocycles. The molecular weight excluding hydrogens is 803 g/mol. The van der Waals surface area contributed by atoms with Crippen LogP contribution >= 0.6 is 0 Å². The van der Waals surface area contributed by atoms with Crippen LogP contribution in [0.15, 0.2) is 237 Å². The minimum Gasteiger partial charge on any atom is -0.309 e. The molecule has 10 aromatic carbocycles. The third-order valence-electron chi connectivity index (χ3n) is 12.9. The third-order valence-corrected chi connectivity index (χ3v) is 12.9. The number of aromatic nitrogens is 5. The van der Waals surface area contributed by atoms with Gasteiger partial charge in [0.05, 0.1) is 22.1 Å². The van der Waals surface area contributed by atoms with Gasteiger partial charge in [-0.1, -0.05) is 188 Å². The summed E-state index contributed by atoms with van der Waals surface area (Å²) in [6, 6.07) is 84.1. The molecule has 0 radical (unpaired) electrons. The van der Waals surface area contributed by atoms with Gasteiger partial charge in [-0.15, -0.1) is 0 Å². The largest absolute Gasteiger partial charge is 0.309 e. The normalized spacial score (nSPS) is 11.6. The summed E-state index contributed by atoms with van der Waals surface area (Å²) in [4.78, 5) is 15.9. The van der Waals surface area contributed by atoms with E-state index < -0.39 is 0 Å². The van der Waals surface area contributed by atoms with E-state index in [0.717, 1.165) is 71.9 Å². The van der Waals surface area contributed by atoms with Crippen LogP contribution in [0.25, 0.3) is 122 Å². The van der Waals surface area contributed by atoms with Crippen LogP contribution in [-0.2, 0) is 0 Å². The van der Waals surface area contributed by atoms with Crippen LogP contribution in [0, 0.1) is 0 Å². The first-order valence-electron chi connectivity index (χ1n) is 22.4. The fraction of sp³-hybridized carbons (Fsp3) is 0. The van der Waals surface area contributed by atoms with Crippen molar-refractivity contribution in [2.75, 3.05) is 0 Å². The maximum atomic E-state index is 5.39. The summed E-state index contributed by atoms with van der Waals surface area (Å²) in [5, 5.41) is 7.03.